The molecule has 0 radical (unpaired) electrons. The van der Waals surface area contributed by atoms with Gasteiger partial charge in [-0.3, -0.25) is 0 Å². The van der Waals surface area contributed by atoms with E-state index in [0.29, 0.717) is 0 Å². The lowest BCUT2D eigenvalue weighted by Crippen LogP contribution is -2.42. The first-order valence-corrected chi connectivity index (χ1v) is 8.64. The Morgan fingerprint density at radius 3 is 2.35 bits per heavy atom. The number of rotatable bonds is 6. The van der Waals surface area contributed by atoms with E-state index in [2.05, 4.69) is 53.4 Å². The molecule has 0 aromatic rings. The van der Waals surface area contributed by atoms with Crippen LogP contribution in [0.25, 0.3) is 0 Å². The minimum absolute atomic E-state index is 0.237. The van der Waals surface area contributed by atoms with Crippen LogP contribution in [0.1, 0.15) is 73.6 Å². The van der Waals surface area contributed by atoms with E-state index in [0.717, 1.165) is 30.1 Å². The van der Waals surface area contributed by atoms with E-state index in [1.807, 2.05) is 0 Å². The van der Waals surface area contributed by atoms with Gasteiger partial charge in [0.25, 0.3) is 0 Å². The number of hydrogen-bond donors (Lipinski definition) is 1. The maximum Gasteiger partial charge on any atom is 0.00966 e. The molecule has 0 aliphatic heterocycles. The molecule has 0 saturated heterocycles. The van der Waals surface area contributed by atoms with Crippen LogP contribution in [-0.4, -0.2) is 12.1 Å². The summed E-state index contributed by atoms with van der Waals surface area (Å²) >= 11 is 0. The van der Waals surface area contributed by atoms with E-state index in [-0.39, 0.29) is 5.54 Å². The van der Waals surface area contributed by atoms with Gasteiger partial charge in [0.1, 0.15) is 0 Å². The minimum atomic E-state index is 0.237. The highest BCUT2D eigenvalue weighted by atomic mass is 14.9. The predicted octanol–water partition coefficient (Wildman–Crippen LogP) is 5.42. The molecule has 1 aliphatic carbocycles. The summed E-state index contributed by atoms with van der Waals surface area (Å²) in [6.45, 7) is 19.3. The predicted molar refractivity (Wildman–Crippen MR) is 91.0 cm³/mol. The molecule has 20 heavy (non-hydrogen) atoms. The summed E-state index contributed by atoms with van der Waals surface area (Å²) in [5.74, 6) is 3.45. The van der Waals surface area contributed by atoms with Crippen LogP contribution in [0.2, 0.25) is 0 Å². The summed E-state index contributed by atoms with van der Waals surface area (Å²) in [5, 5.41) is 3.73. The Bertz CT molecular complexity index is 297. The third-order valence-electron chi connectivity index (χ3n) is 5.07. The van der Waals surface area contributed by atoms with Gasteiger partial charge in [-0.05, 0) is 83.1 Å². The lowest BCUT2D eigenvalue weighted by molar-refractivity contribution is 0.138. The molecule has 0 amide bonds. The molecule has 1 N–H and O–H groups in total. The maximum absolute atomic E-state index is 4.26. The zero-order valence-corrected chi connectivity index (χ0v) is 14.8. The van der Waals surface area contributed by atoms with Gasteiger partial charge in [0.15, 0.2) is 0 Å². The number of nitrogens with one attached hydrogen (secondary N) is 1. The Morgan fingerprint density at radius 1 is 1.20 bits per heavy atom. The highest BCUT2D eigenvalue weighted by Crippen LogP contribution is 2.40. The molecule has 1 aliphatic rings. The first-order chi connectivity index (χ1) is 9.23. The molecule has 1 saturated carbocycles. The van der Waals surface area contributed by atoms with E-state index in [9.17, 15) is 0 Å². The van der Waals surface area contributed by atoms with E-state index in [1.165, 1.54) is 37.8 Å². The van der Waals surface area contributed by atoms with Gasteiger partial charge < -0.3 is 5.32 Å². The highest BCUT2D eigenvalue weighted by molar-refractivity contribution is 4.98. The van der Waals surface area contributed by atoms with Crippen molar-refractivity contribution in [3.05, 3.63) is 12.2 Å². The number of hydrogen-bond acceptors (Lipinski definition) is 1. The fraction of sp³-hybridized carbons (Fsp3) is 0.895. The van der Waals surface area contributed by atoms with E-state index < -0.39 is 0 Å². The Labute approximate surface area is 127 Å². The SMILES string of the molecule is C=C(CC)CC1CC(C(C)C)CCC1CNC(C)(C)C. The van der Waals surface area contributed by atoms with Crippen molar-refractivity contribution in [3.8, 4) is 0 Å². The summed E-state index contributed by atoms with van der Waals surface area (Å²) in [4.78, 5) is 0. The Balaban J connectivity index is 2.63. The Morgan fingerprint density at radius 2 is 1.85 bits per heavy atom. The van der Waals surface area contributed by atoms with Gasteiger partial charge >= 0.3 is 0 Å². The van der Waals surface area contributed by atoms with Gasteiger partial charge in [0.05, 0.1) is 0 Å². The average molecular weight is 280 g/mol. The van der Waals surface area contributed by atoms with Crippen LogP contribution >= 0.6 is 0 Å². The van der Waals surface area contributed by atoms with Crippen LogP contribution in [0.4, 0.5) is 0 Å². The van der Waals surface area contributed by atoms with E-state index in [4.69, 9.17) is 0 Å². The molecule has 3 unspecified atom stereocenters. The van der Waals surface area contributed by atoms with Gasteiger partial charge in [-0.15, -0.1) is 0 Å². The largest absolute Gasteiger partial charge is 0.312 e. The van der Waals surface area contributed by atoms with Gasteiger partial charge in [0.2, 0.25) is 0 Å². The standard InChI is InChI=1S/C19H37N/c1-8-15(4)11-18-12-16(14(2)3)9-10-17(18)13-20-19(5,6)7/h14,16-18,20H,4,8-13H2,1-3,5-7H3. The van der Waals surface area contributed by atoms with Crippen LogP contribution in [0.3, 0.4) is 0 Å². The normalized spacial score (nSPS) is 27.9. The summed E-state index contributed by atoms with van der Waals surface area (Å²) < 4.78 is 0. The average Bonchev–Trinajstić information content (AvgIpc) is 2.35. The first-order valence-electron chi connectivity index (χ1n) is 8.64. The zero-order chi connectivity index (χ0) is 15.3. The molecule has 1 heteroatoms. The second-order valence-electron chi connectivity index (χ2n) is 8.28. The quantitative estimate of drug-likeness (QED) is 0.640. The molecule has 0 bridgehead atoms. The van der Waals surface area contributed by atoms with Crippen LogP contribution in [0.5, 0.6) is 0 Å². The second kappa shape index (κ2) is 7.64. The van der Waals surface area contributed by atoms with Crippen molar-refractivity contribution >= 4 is 0 Å². The number of allylic oxidation sites excluding steroid dienone is 1. The minimum Gasteiger partial charge on any atom is -0.312 e. The Hall–Kier alpha value is -0.300. The molecule has 0 spiro atoms. The molecule has 1 fully saturated rings. The van der Waals surface area contributed by atoms with Gasteiger partial charge in [0, 0.05) is 5.54 Å². The summed E-state index contributed by atoms with van der Waals surface area (Å²) in [6.07, 6.45) is 6.61. The monoisotopic (exact) mass is 279 g/mol. The summed E-state index contributed by atoms with van der Waals surface area (Å²) in [5.41, 5.74) is 1.68. The van der Waals surface area contributed by atoms with Crippen LogP contribution < -0.4 is 5.32 Å². The fourth-order valence-corrected chi connectivity index (χ4v) is 3.44. The van der Waals surface area contributed by atoms with Crippen LogP contribution in [0.15, 0.2) is 12.2 Å². The molecular formula is C19H37N. The third kappa shape index (κ3) is 5.99. The lowest BCUT2D eigenvalue weighted by Gasteiger charge is -2.39. The molecule has 0 aromatic heterocycles. The molecule has 1 nitrogen and oxygen atoms in total. The van der Waals surface area contributed by atoms with E-state index in [1.54, 1.807) is 0 Å². The zero-order valence-electron chi connectivity index (χ0n) is 14.8. The van der Waals surface area contributed by atoms with Crippen molar-refractivity contribution in [3.63, 3.8) is 0 Å². The van der Waals surface area contributed by atoms with Gasteiger partial charge in [-0.25, -0.2) is 0 Å². The highest BCUT2D eigenvalue weighted by Gasteiger charge is 2.32. The second-order valence-corrected chi connectivity index (χ2v) is 8.28. The van der Waals surface area contributed by atoms with Crippen molar-refractivity contribution in [1.82, 2.24) is 5.32 Å². The molecule has 118 valence electrons. The molecule has 0 aromatic carbocycles. The fourth-order valence-electron chi connectivity index (χ4n) is 3.44. The molecule has 3 atom stereocenters. The van der Waals surface area contributed by atoms with Crippen molar-refractivity contribution < 1.29 is 0 Å². The van der Waals surface area contributed by atoms with Gasteiger partial charge in [-0.2, -0.15) is 0 Å². The summed E-state index contributed by atoms with van der Waals surface area (Å²) in [6, 6.07) is 0. The third-order valence-corrected chi connectivity index (χ3v) is 5.07. The van der Waals surface area contributed by atoms with Crippen molar-refractivity contribution in [2.24, 2.45) is 23.7 Å². The van der Waals surface area contributed by atoms with Crippen LogP contribution in [0, 0.1) is 23.7 Å². The van der Waals surface area contributed by atoms with Crippen molar-refractivity contribution in [1.29, 1.82) is 0 Å². The smallest absolute Gasteiger partial charge is 0.00966 e. The Kier molecular flexibility index (Phi) is 6.78. The van der Waals surface area contributed by atoms with Crippen molar-refractivity contribution in [2.75, 3.05) is 6.54 Å². The van der Waals surface area contributed by atoms with Crippen LogP contribution in [-0.2, 0) is 0 Å². The topological polar surface area (TPSA) is 12.0 Å². The van der Waals surface area contributed by atoms with Gasteiger partial charge in [-0.1, -0.05) is 32.9 Å². The molecule has 1 rings (SSSR count). The first kappa shape index (κ1) is 17.8. The molecule has 0 heterocycles. The van der Waals surface area contributed by atoms with E-state index >= 15 is 0 Å². The lowest BCUT2D eigenvalue weighted by atomic mass is 9.68. The molecular weight excluding hydrogens is 242 g/mol. The summed E-state index contributed by atoms with van der Waals surface area (Å²) in [7, 11) is 0. The van der Waals surface area contributed by atoms with Crippen molar-refractivity contribution in [2.45, 2.75) is 79.2 Å². The maximum atomic E-state index is 4.26.